The summed E-state index contributed by atoms with van der Waals surface area (Å²) in [6.07, 6.45) is 1.52. The third-order valence-corrected chi connectivity index (χ3v) is 6.86. The Hall–Kier alpha value is -1.96. The molecule has 2 aromatic carbocycles. The number of rotatable bonds is 7. The lowest BCUT2D eigenvalue weighted by atomic mass is 10.1. The monoisotopic (exact) mass is 390 g/mol. The lowest BCUT2D eigenvalue weighted by Gasteiger charge is -2.14. The van der Waals surface area contributed by atoms with Crippen LogP contribution < -0.4 is 9.60 Å². The first kappa shape index (κ1) is 18.8. The normalized spacial score (nSPS) is 13.2. The molecule has 0 aliphatic rings. The fourth-order valence-electron chi connectivity index (χ4n) is 2.93. The third kappa shape index (κ3) is 4.06. The molecule has 5 nitrogen and oxygen atoms in total. The van der Waals surface area contributed by atoms with Crippen LogP contribution in [-0.4, -0.2) is 19.0 Å². The van der Waals surface area contributed by atoms with Crippen molar-refractivity contribution in [1.29, 1.82) is 0 Å². The molecule has 3 rings (SSSR count). The van der Waals surface area contributed by atoms with Gasteiger partial charge in [-0.05, 0) is 50.5 Å². The van der Waals surface area contributed by atoms with Crippen molar-refractivity contribution in [2.24, 2.45) is 0 Å². The van der Waals surface area contributed by atoms with E-state index in [-0.39, 0.29) is 15.8 Å². The summed E-state index contributed by atoms with van der Waals surface area (Å²) in [6, 6.07) is 14.7. The van der Waals surface area contributed by atoms with Gasteiger partial charge in [0.15, 0.2) is 0 Å². The summed E-state index contributed by atoms with van der Waals surface area (Å²) in [5, 5.41) is 0. The second-order valence-electron chi connectivity index (χ2n) is 6.29. The minimum Gasteiger partial charge on any atom is -0.299 e. The summed E-state index contributed by atoms with van der Waals surface area (Å²) < 4.78 is 30.4. The number of hydrogen-bond donors (Lipinski definition) is 1. The minimum absolute atomic E-state index is 0.0683. The van der Waals surface area contributed by atoms with Crippen molar-refractivity contribution < 1.29 is 8.42 Å². The molecule has 0 amide bonds. The molecule has 1 atom stereocenters. The van der Waals surface area contributed by atoms with Crippen molar-refractivity contribution >= 4 is 31.6 Å². The molecule has 0 bridgehead atoms. The number of sulfonamides is 1. The van der Waals surface area contributed by atoms with Gasteiger partial charge in [0.2, 0.25) is 10.0 Å². The fraction of sp³-hybridized carbons (Fsp3) is 0.316. The molecule has 0 saturated carbocycles. The first-order valence-corrected chi connectivity index (χ1v) is 10.9. The number of thiazole rings is 1. The van der Waals surface area contributed by atoms with E-state index >= 15 is 0 Å². The molecular weight excluding hydrogens is 368 g/mol. The highest BCUT2D eigenvalue weighted by molar-refractivity contribution is 7.89. The molecular formula is C19H22N2O3S2. The average Bonchev–Trinajstić information content (AvgIpc) is 2.94. The Bertz CT molecular complexity index is 1050. The molecule has 0 aliphatic carbocycles. The van der Waals surface area contributed by atoms with Crippen molar-refractivity contribution in [3.63, 3.8) is 0 Å². The Labute approximate surface area is 157 Å². The van der Waals surface area contributed by atoms with Crippen LogP contribution in [0.25, 0.3) is 10.2 Å². The number of benzene rings is 2. The molecule has 0 fully saturated rings. The van der Waals surface area contributed by atoms with Gasteiger partial charge in [0, 0.05) is 12.6 Å². The van der Waals surface area contributed by atoms with Gasteiger partial charge >= 0.3 is 4.87 Å². The van der Waals surface area contributed by atoms with E-state index in [9.17, 15) is 13.2 Å². The molecule has 0 radical (unpaired) electrons. The maximum absolute atomic E-state index is 12.7. The number of aryl methyl sites for hydroxylation is 2. The van der Waals surface area contributed by atoms with Gasteiger partial charge in [-0.3, -0.25) is 9.36 Å². The second-order valence-corrected chi connectivity index (χ2v) is 9.00. The highest BCUT2D eigenvalue weighted by Crippen LogP contribution is 2.22. The zero-order valence-electron chi connectivity index (χ0n) is 14.8. The minimum atomic E-state index is -3.62. The van der Waals surface area contributed by atoms with E-state index in [0.29, 0.717) is 17.7 Å². The Morgan fingerprint density at radius 1 is 1.15 bits per heavy atom. The Morgan fingerprint density at radius 2 is 1.88 bits per heavy atom. The SMILES string of the molecule is CCn1c(=O)sc2cc(S(=O)(=O)N[C@@H](C)CCc3ccccc3)ccc21. The maximum atomic E-state index is 12.7. The summed E-state index contributed by atoms with van der Waals surface area (Å²) in [5.74, 6) is 0. The van der Waals surface area contributed by atoms with E-state index in [1.165, 1.54) is 5.56 Å². The number of aromatic nitrogens is 1. The van der Waals surface area contributed by atoms with Crippen molar-refractivity contribution in [2.75, 3.05) is 0 Å². The summed E-state index contributed by atoms with van der Waals surface area (Å²) >= 11 is 1.08. The van der Waals surface area contributed by atoms with Crippen LogP contribution in [0.2, 0.25) is 0 Å². The molecule has 26 heavy (non-hydrogen) atoms. The Balaban J connectivity index is 1.75. The number of hydrogen-bond acceptors (Lipinski definition) is 4. The lowest BCUT2D eigenvalue weighted by Crippen LogP contribution is -2.32. The molecule has 0 spiro atoms. The molecule has 0 aliphatic heterocycles. The molecule has 0 unspecified atom stereocenters. The highest BCUT2D eigenvalue weighted by Gasteiger charge is 2.19. The standard InChI is InChI=1S/C19H22N2O3S2/c1-3-21-17-12-11-16(13-18(17)25-19(21)22)26(23,24)20-14(2)9-10-15-7-5-4-6-8-15/h4-8,11-14,20H,3,9-10H2,1-2H3/t14-/m0/s1. The zero-order chi connectivity index (χ0) is 18.7. The maximum Gasteiger partial charge on any atom is 0.308 e. The van der Waals surface area contributed by atoms with Gasteiger partial charge in [-0.15, -0.1) is 0 Å². The van der Waals surface area contributed by atoms with Crippen LogP contribution in [0.15, 0.2) is 58.2 Å². The van der Waals surface area contributed by atoms with Crippen LogP contribution in [0.1, 0.15) is 25.8 Å². The number of nitrogens with one attached hydrogen (secondary N) is 1. The smallest absolute Gasteiger partial charge is 0.299 e. The van der Waals surface area contributed by atoms with Gasteiger partial charge in [0.1, 0.15) is 0 Å². The number of fused-ring (bicyclic) bond motifs is 1. The summed E-state index contributed by atoms with van der Waals surface area (Å²) in [5.41, 5.74) is 1.96. The largest absolute Gasteiger partial charge is 0.308 e. The quantitative estimate of drug-likeness (QED) is 0.672. The molecule has 1 N–H and O–H groups in total. The Kier molecular flexibility index (Phi) is 5.60. The van der Waals surface area contributed by atoms with E-state index in [4.69, 9.17) is 0 Å². The van der Waals surface area contributed by atoms with Gasteiger partial charge in [0.05, 0.1) is 15.1 Å². The molecule has 138 valence electrons. The third-order valence-electron chi connectivity index (χ3n) is 4.33. The van der Waals surface area contributed by atoms with Crippen molar-refractivity contribution in [2.45, 2.75) is 44.2 Å². The fourth-order valence-corrected chi connectivity index (χ4v) is 5.31. The van der Waals surface area contributed by atoms with Gasteiger partial charge in [0.25, 0.3) is 0 Å². The predicted octanol–water partition coefficient (Wildman–Crippen LogP) is 3.38. The van der Waals surface area contributed by atoms with Crippen LogP contribution in [0, 0.1) is 0 Å². The van der Waals surface area contributed by atoms with E-state index in [1.54, 1.807) is 22.8 Å². The first-order chi connectivity index (χ1) is 12.4. The van der Waals surface area contributed by atoms with Crippen LogP contribution in [-0.2, 0) is 23.0 Å². The van der Waals surface area contributed by atoms with E-state index in [0.717, 1.165) is 23.3 Å². The summed E-state index contributed by atoms with van der Waals surface area (Å²) in [7, 11) is -3.62. The lowest BCUT2D eigenvalue weighted by molar-refractivity contribution is 0.547. The van der Waals surface area contributed by atoms with E-state index < -0.39 is 10.0 Å². The number of nitrogens with zero attached hydrogens (tertiary/aromatic N) is 1. The summed E-state index contributed by atoms with van der Waals surface area (Å²) in [6.45, 7) is 4.33. The van der Waals surface area contributed by atoms with Gasteiger partial charge < -0.3 is 0 Å². The van der Waals surface area contributed by atoms with Crippen molar-refractivity contribution in [3.05, 3.63) is 63.8 Å². The summed E-state index contributed by atoms with van der Waals surface area (Å²) in [4.78, 5) is 12.1. The average molecular weight is 391 g/mol. The molecule has 1 aromatic heterocycles. The van der Waals surface area contributed by atoms with Gasteiger partial charge in [-0.2, -0.15) is 0 Å². The van der Waals surface area contributed by atoms with Crippen LogP contribution in [0.3, 0.4) is 0 Å². The second kappa shape index (κ2) is 7.73. The molecule has 0 saturated heterocycles. The van der Waals surface area contributed by atoms with Crippen molar-refractivity contribution in [3.8, 4) is 0 Å². The predicted molar refractivity (Wildman–Crippen MR) is 106 cm³/mol. The van der Waals surface area contributed by atoms with E-state index in [2.05, 4.69) is 4.72 Å². The molecule has 7 heteroatoms. The molecule has 1 heterocycles. The van der Waals surface area contributed by atoms with Crippen LogP contribution in [0.4, 0.5) is 0 Å². The zero-order valence-corrected chi connectivity index (χ0v) is 16.4. The van der Waals surface area contributed by atoms with Crippen LogP contribution >= 0.6 is 11.3 Å². The Morgan fingerprint density at radius 3 is 2.58 bits per heavy atom. The first-order valence-electron chi connectivity index (χ1n) is 8.60. The molecule has 3 aromatic rings. The van der Waals surface area contributed by atoms with Crippen LogP contribution in [0.5, 0.6) is 0 Å². The van der Waals surface area contributed by atoms with Gasteiger partial charge in [-0.25, -0.2) is 13.1 Å². The van der Waals surface area contributed by atoms with Gasteiger partial charge in [-0.1, -0.05) is 41.7 Å². The van der Waals surface area contributed by atoms with E-state index in [1.807, 2.05) is 44.2 Å². The highest BCUT2D eigenvalue weighted by atomic mass is 32.2. The topological polar surface area (TPSA) is 68.2 Å². The van der Waals surface area contributed by atoms with Crippen molar-refractivity contribution in [1.82, 2.24) is 9.29 Å².